The van der Waals surface area contributed by atoms with E-state index in [2.05, 4.69) is 31.2 Å². The highest BCUT2D eigenvalue weighted by molar-refractivity contribution is 7.17. The molecule has 3 heterocycles. The Hall–Kier alpha value is -3.21. The van der Waals surface area contributed by atoms with E-state index >= 15 is 0 Å². The van der Waals surface area contributed by atoms with E-state index in [4.69, 9.17) is 0 Å². The summed E-state index contributed by atoms with van der Waals surface area (Å²) >= 11 is 1.56. The quantitative estimate of drug-likeness (QED) is 0.456. The van der Waals surface area contributed by atoms with Gasteiger partial charge in [0.25, 0.3) is 5.91 Å². The zero-order valence-corrected chi connectivity index (χ0v) is 19.9. The molecular formula is C23H28N8O2S. The molecule has 34 heavy (non-hydrogen) atoms. The number of hydrogen-bond donors (Lipinski definition) is 3. The first kappa shape index (κ1) is 21.3. The Balaban J connectivity index is 1.27. The molecule has 6 rings (SSSR count). The Morgan fingerprint density at radius 1 is 1.21 bits per heavy atom. The lowest BCUT2D eigenvalue weighted by atomic mass is 9.91. The van der Waals surface area contributed by atoms with Crippen LogP contribution in [0, 0.1) is 11.8 Å². The largest absolute Gasteiger partial charge is 0.352 e. The van der Waals surface area contributed by atoms with Crippen molar-refractivity contribution in [1.29, 1.82) is 0 Å². The van der Waals surface area contributed by atoms with Crippen molar-refractivity contribution in [3.63, 3.8) is 0 Å². The molecule has 3 aromatic rings. The van der Waals surface area contributed by atoms with Crippen LogP contribution in [0.5, 0.6) is 0 Å². The minimum Gasteiger partial charge on any atom is -0.352 e. The van der Waals surface area contributed by atoms with Crippen LogP contribution >= 0.6 is 11.3 Å². The predicted octanol–water partition coefficient (Wildman–Crippen LogP) is 3.04. The summed E-state index contributed by atoms with van der Waals surface area (Å²) in [6.45, 7) is 0.701. The predicted molar refractivity (Wildman–Crippen MR) is 128 cm³/mol. The van der Waals surface area contributed by atoms with Crippen molar-refractivity contribution < 1.29 is 9.59 Å². The molecule has 2 saturated carbocycles. The number of aromatic nitrogens is 5. The van der Waals surface area contributed by atoms with Crippen LogP contribution in [0.15, 0.2) is 18.6 Å². The minimum atomic E-state index is -0.0758. The van der Waals surface area contributed by atoms with Gasteiger partial charge in [0, 0.05) is 36.5 Å². The number of nitrogens with zero attached hydrogens (tertiary/aromatic N) is 5. The molecular weight excluding hydrogens is 452 g/mol. The van der Waals surface area contributed by atoms with Gasteiger partial charge in [-0.1, -0.05) is 0 Å². The van der Waals surface area contributed by atoms with E-state index in [0.717, 1.165) is 37.1 Å². The molecule has 0 radical (unpaired) electrons. The first-order valence-corrected chi connectivity index (χ1v) is 12.8. The molecule has 0 saturated heterocycles. The summed E-state index contributed by atoms with van der Waals surface area (Å²) < 4.78 is 3.79. The van der Waals surface area contributed by atoms with Crippen molar-refractivity contribution in [2.24, 2.45) is 18.9 Å². The second-order valence-electron chi connectivity index (χ2n) is 9.55. The molecule has 3 N–H and O–H groups in total. The van der Waals surface area contributed by atoms with Crippen molar-refractivity contribution in [2.45, 2.75) is 51.0 Å². The molecule has 0 aromatic carbocycles. The van der Waals surface area contributed by atoms with E-state index < -0.39 is 0 Å². The summed E-state index contributed by atoms with van der Waals surface area (Å²) in [6.07, 6.45) is 10.1. The van der Waals surface area contributed by atoms with E-state index in [0.29, 0.717) is 35.4 Å². The standard InChI is InChI=1S/C23H28N8O2S/c1-30-18(8-9-26-30)27-23-29-25-12-31(23)15-6-7-17-16(10-15)19(21(33)24-11-13-2-3-13)22(34-17)28-20(32)14-4-5-14/h8-9,12-15H,2-7,10-11H2,1H3,(H,24,33)(H,27,29)(H,28,32)/t15-/m0/s1. The summed E-state index contributed by atoms with van der Waals surface area (Å²) in [6, 6.07) is 1.99. The number of carbonyl (C=O) groups is 2. The number of anilines is 3. The van der Waals surface area contributed by atoms with Gasteiger partial charge in [-0.3, -0.25) is 18.8 Å². The highest BCUT2D eigenvalue weighted by atomic mass is 32.1. The van der Waals surface area contributed by atoms with Crippen LogP contribution < -0.4 is 16.0 Å². The summed E-state index contributed by atoms with van der Waals surface area (Å²) in [4.78, 5) is 27.0. The lowest BCUT2D eigenvalue weighted by Crippen LogP contribution is -2.28. The van der Waals surface area contributed by atoms with Crippen LogP contribution in [-0.4, -0.2) is 42.9 Å². The van der Waals surface area contributed by atoms with Crippen LogP contribution in [0.1, 0.15) is 58.9 Å². The Bertz CT molecular complexity index is 1240. The van der Waals surface area contributed by atoms with E-state index in [1.165, 1.54) is 17.7 Å². The van der Waals surface area contributed by atoms with Gasteiger partial charge in [0.05, 0.1) is 11.8 Å². The van der Waals surface area contributed by atoms with Gasteiger partial charge < -0.3 is 16.0 Å². The van der Waals surface area contributed by atoms with Gasteiger partial charge >= 0.3 is 0 Å². The van der Waals surface area contributed by atoms with Crippen molar-refractivity contribution in [1.82, 2.24) is 29.9 Å². The molecule has 11 heteroatoms. The molecule has 0 unspecified atom stereocenters. The number of nitrogens with one attached hydrogen (secondary N) is 3. The zero-order valence-electron chi connectivity index (χ0n) is 19.1. The second-order valence-corrected chi connectivity index (χ2v) is 10.7. The molecule has 1 atom stereocenters. The van der Waals surface area contributed by atoms with Gasteiger partial charge in [0.1, 0.15) is 17.1 Å². The van der Waals surface area contributed by atoms with Crippen LogP contribution in [0.2, 0.25) is 0 Å². The Morgan fingerprint density at radius 3 is 2.79 bits per heavy atom. The van der Waals surface area contributed by atoms with Gasteiger partial charge in [-0.05, 0) is 56.4 Å². The third-order valence-corrected chi connectivity index (χ3v) is 8.13. The number of thiophene rings is 1. The van der Waals surface area contributed by atoms with Crippen molar-refractivity contribution >= 4 is 39.9 Å². The maximum absolute atomic E-state index is 13.3. The van der Waals surface area contributed by atoms with Crippen LogP contribution in [0.4, 0.5) is 16.8 Å². The molecule has 2 fully saturated rings. The molecule has 10 nitrogen and oxygen atoms in total. The molecule has 178 valence electrons. The van der Waals surface area contributed by atoms with Gasteiger partial charge in [0.2, 0.25) is 11.9 Å². The molecule has 0 spiro atoms. The van der Waals surface area contributed by atoms with Gasteiger partial charge in [0.15, 0.2) is 0 Å². The second kappa shape index (κ2) is 8.53. The van der Waals surface area contributed by atoms with Gasteiger partial charge in [-0.2, -0.15) is 5.10 Å². The third kappa shape index (κ3) is 4.20. The van der Waals surface area contributed by atoms with Crippen LogP contribution in [0.3, 0.4) is 0 Å². The SMILES string of the molecule is Cn1nccc1Nc1nncn1[C@H]1CCc2sc(NC(=O)C3CC3)c(C(=O)NCC3CC3)c2C1. The number of fused-ring (bicyclic) bond motifs is 1. The lowest BCUT2D eigenvalue weighted by Gasteiger charge is -2.25. The molecule has 3 aliphatic carbocycles. The van der Waals surface area contributed by atoms with E-state index in [-0.39, 0.29) is 23.8 Å². The Kier molecular flexibility index (Phi) is 5.35. The van der Waals surface area contributed by atoms with E-state index in [1.807, 2.05) is 17.7 Å². The summed E-state index contributed by atoms with van der Waals surface area (Å²) in [5, 5.41) is 22.8. The highest BCUT2D eigenvalue weighted by Crippen LogP contribution is 2.42. The average Bonchev–Trinajstić information content (AvgIpc) is 3.73. The Labute approximate surface area is 201 Å². The van der Waals surface area contributed by atoms with Crippen molar-refractivity contribution in [3.8, 4) is 0 Å². The van der Waals surface area contributed by atoms with Crippen molar-refractivity contribution in [2.75, 3.05) is 17.2 Å². The fourth-order valence-corrected chi connectivity index (χ4v) is 5.79. The van der Waals surface area contributed by atoms with E-state index in [9.17, 15) is 9.59 Å². The monoisotopic (exact) mass is 480 g/mol. The number of carbonyl (C=O) groups excluding carboxylic acids is 2. The van der Waals surface area contributed by atoms with Crippen LogP contribution in [-0.2, 0) is 24.7 Å². The fourth-order valence-electron chi connectivity index (χ4n) is 4.55. The number of amides is 2. The molecule has 3 aliphatic rings. The number of aryl methyl sites for hydroxylation is 2. The normalized spacial score (nSPS) is 19.5. The molecule has 2 amide bonds. The van der Waals surface area contributed by atoms with Crippen LogP contribution in [0.25, 0.3) is 0 Å². The topological polar surface area (TPSA) is 119 Å². The average molecular weight is 481 g/mol. The first-order valence-electron chi connectivity index (χ1n) is 11.9. The Morgan fingerprint density at radius 2 is 2.06 bits per heavy atom. The molecule has 0 aliphatic heterocycles. The van der Waals surface area contributed by atoms with Crippen molar-refractivity contribution in [3.05, 3.63) is 34.6 Å². The third-order valence-electron chi connectivity index (χ3n) is 6.92. The molecule has 3 aromatic heterocycles. The maximum Gasteiger partial charge on any atom is 0.254 e. The van der Waals surface area contributed by atoms with Gasteiger partial charge in [-0.25, -0.2) is 0 Å². The maximum atomic E-state index is 13.3. The first-order chi connectivity index (χ1) is 16.6. The minimum absolute atomic E-state index is 0.0351. The van der Waals surface area contributed by atoms with Gasteiger partial charge in [-0.15, -0.1) is 21.5 Å². The fraction of sp³-hybridized carbons (Fsp3) is 0.522. The summed E-state index contributed by atoms with van der Waals surface area (Å²) in [7, 11) is 1.87. The molecule has 0 bridgehead atoms. The zero-order chi connectivity index (χ0) is 23.2. The van der Waals surface area contributed by atoms with E-state index in [1.54, 1.807) is 28.5 Å². The highest BCUT2D eigenvalue weighted by Gasteiger charge is 2.35. The summed E-state index contributed by atoms with van der Waals surface area (Å²) in [5.74, 6) is 2.11. The summed E-state index contributed by atoms with van der Waals surface area (Å²) in [5.41, 5.74) is 1.69. The number of rotatable bonds is 8. The number of hydrogen-bond acceptors (Lipinski definition) is 7. The lowest BCUT2D eigenvalue weighted by molar-refractivity contribution is -0.117. The smallest absolute Gasteiger partial charge is 0.254 e.